The van der Waals surface area contributed by atoms with E-state index in [1.54, 1.807) is 5.56 Å². The van der Waals surface area contributed by atoms with Crippen molar-refractivity contribution in [3.05, 3.63) is 42.0 Å². The fourth-order valence-corrected chi connectivity index (χ4v) is 4.59. The minimum Gasteiger partial charge on any atom is -0.0985 e. The lowest BCUT2D eigenvalue weighted by molar-refractivity contribution is 0.165. The lowest BCUT2D eigenvalue weighted by atomic mass is 9.68. The molecule has 23 heavy (non-hydrogen) atoms. The largest absolute Gasteiger partial charge is 0.0985 e. The van der Waals surface area contributed by atoms with E-state index in [9.17, 15) is 0 Å². The molecule has 0 heterocycles. The van der Waals surface area contributed by atoms with Gasteiger partial charge in [0.15, 0.2) is 0 Å². The van der Waals surface area contributed by atoms with Gasteiger partial charge < -0.3 is 0 Å². The molecule has 0 radical (unpaired) electrons. The second-order valence-corrected chi connectivity index (χ2v) is 7.50. The van der Waals surface area contributed by atoms with Crippen LogP contribution in [0.2, 0.25) is 0 Å². The maximum Gasteiger partial charge on any atom is -0.0162 e. The second-order valence-electron chi connectivity index (χ2n) is 7.50. The van der Waals surface area contributed by atoms with Crippen molar-refractivity contribution < 1.29 is 0 Å². The van der Waals surface area contributed by atoms with Crippen LogP contribution in [0.4, 0.5) is 0 Å². The summed E-state index contributed by atoms with van der Waals surface area (Å²) in [5, 5.41) is 0. The zero-order valence-electron chi connectivity index (χ0n) is 15.6. The van der Waals surface area contributed by atoms with Crippen LogP contribution >= 0.6 is 0 Å². The van der Waals surface area contributed by atoms with Crippen LogP contribution in [0.3, 0.4) is 0 Å². The van der Waals surface area contributed by atoms with Crippen molar-refractivity contribution in [3.8, 4) is 0 Å². The molecule has 0 saturated heterocycles. The van der Waals surface area contributed by atoms with Crippen molar-refractivity contribution in [2.24, 2.45) is 17.8 Å². The Morgan fingerprint density at radius 3 is 1.74 bits per heavy atom. The first-order chi connectivity index (χ1) is 11.3. The van der Waals surface area contributed by atoms with Crippen LogP contribution in [0.5, 0.6) is 0 Å². The molecular formula is C23H36. The molecule has 0 unspecified atom stereocenters. The van der Waals surface area contributed by atoms with Gasteiger partial charge in [0, 0.05) is 0 Å². The summed E-state index contributed by atoms with van der Waals surface area (Å²) in [5.74, 6) is 3.87. The van der Waals surface area contributed by atoms with Crippen LogP contribution in [0, 0.1) is 17.8 Å². The van der Waals surface area contributed by atoms with Gasteiger partial charge in [-0.2, -0.15) is 0 Å². The average Bonchev–Trinajstić information content (AvgIpc) is 2.64. The van der Waals surface area contributed by atoms with E-state index >= 15 is 0 Å². The number of benzene rings is 1. The number of rotatable bonds is 3. The summed E-state index contributed by atoms with van der Waals surface area (Å²) in [6, 6.07) is 9.09. The SMILES string of the molecule is C=Cc1ccc(C2CCC(C3CCC(C)CC3)CC2)cc1.CC. The first-order valence-electron chi connectivity index (χ1n) is 9.98. The Kier molecular flexibility index (Phi) is 7.40. The molecule has 2 aliphatic carbocycles. The molecule has 1 aromatic rings. The van der Waals surface area contributed by atoms with Gasteiger partial charge in [0.1, 0.15) is 0 Å². The summed E-state index contributed by atoms with van der Waals surface area (Å²) in [4.78, 5) is 0. The van der Waals surface area contributed by atoms with Crippen molar-refractivity contribution >= 4 is 6.08 Å². The van der Waals surface area contributed by atoms with Crippen LogP contribution < -0.4 is 0 Å². The third-order valence-electron chi connectivity index (χ3n) is 6.14. The van der Waals surface area contributed by atoms with Gasteiger partial charge in [-0.25, -0.2) is 0 Å². The van der Waals surface area contributed by atoms with Gasteiger partial charge in [-0.3, -0.25) is 0 Å². The predicted octanol–water partition coefficient (Wildman–Crippen LogP) is 7.46. The Labute approximate surface area is 144 Å². The normalized spacial score (nSPS) is 30.9. The summed E-state index contributed by atoms with van der Waals surface area (Å²) in [6.07, 6.45) is 13.6. The average molecular weight is 313 g/mol. The zero-order chi connectivity index (χ0) is 16.7. The van der Waals surface area contributed by atoms with Crippen LogP contribution in [0.15, 0.2) is 30.8 Å². The van der Waals surface area contributed by atoms with Gasteiger partial charge in [0.05, 0.1) is 0 Å². The molecular weight excluding hydrogens is 276 g/mol. The standard InChI is InChI=1S/C21H30.C2H6/c1-3-17-6-10-19(11-7-17)21-14-12-20(13-15-21)18-8-4-16(2)5-9-18;1-2/h3,6-7,10-11,16,18,20-21H,1,4-5,8-9,12-15H2,2H3;1-2H3. The Hall–Kier alpha value is -1.04. The summed E-state index contributed by atoms with van der Waals surface area (Å²) in [5.41, 5.74) is 2.79. The maximum absolute atomic E-state index is 3.84. The van der Waals surface area contributed by atoms with E-state index in [0.29, 0.717) is 0 Å². The topological polar surface area (TPSA) is 0 Å². The van der Waals surface area contributed by atoms with E-state index in [0.717, 1.165) is 23.7 Å². The maximum atomic E-state index is 3.84. The fraction of sp³-hybridized carbons (Fsp3) is 0.652. The molecule has 2 fully saturated rings. The molecule has 0 spiro atoms. The lowest BCUT2D eigenvalue weighted by Crippen LogP contribution is -2.24. The Balaban J connectivity index is 0.000000924. The highest BCUT2D eigenvalue weighted by molar-refractivity contribution is 5.47. The van der Waals surface area contributed by atoms with Crippen LogP contribution in [-0.2, 0) is 0 Å². The molecule has 0 heteroatoms. The van der Waals surface area contributed by atoms with E-state index in [-0.39, 0.29) is 0 Å². The molecule has 0 amide bonds. The van der Waals surface area contributed by atoms with Crippen LogP contribution in [0.1, 0.15) is 89.2 Å². The Morgan fingerprint density at radius 2 is 1.26 bits per heavy atom. The van der Waals surface area contributed by atoms with Crippen molar-refractivity contribution in [1.29, 1.82) is 0 Å². The lowest BCUT2D eigenvalue weighted by Gasteiger charge is -2.37. The predicted molar refractivity (Wildman–Crippen MR) is 104 cm³/mol. The minimum absolute atomic E-state index is 0.808. The highest BCUT2D eigenvalue weighted by atomic mass is 14.4. The zero-order valence-corrected chi connectivity index (χ0v) is 15.6. The molecule has 128 valence electrons. The first-order valence-corrected chi connectivity index (χ1v) is 9.98. The van der Waals surface area contributed by atoms with Crippen molar-refractivity contribution in [1.82, 2.24) is 0 Å². The number of hydrogen-bond donors (Lipinski definition) is 0. The fourth-order valence-electron chi connectivity index (χ4n) is 4.59. The van der Waals surface area contributed by atoms with E-state index in [1.165, 1.54) is 56.9 Å². The van der Waals surface area contributed by atoms with E-state index < -0.39 is 0 Å². The van der Waals surface area contributed by atoms with Gasteiger partial charge in [0.25, 0.3) is 0 Å². The van der Waals surface area contributed by atoms with Crippen LogP contribution in [0.25, 0.3) is 6.08 Å². The molecule has 0 bridgehead atoms. The monoisotopic (exact) mass is 312 g/mol. The third-order valence-corrected chi connectivity index (χ3v) is 6.14. The molecule has 0 nitrogen and oxygen atoms in total. The summed E-state index contributed by atoms with van der Waals surface area (Å²) < 4.78 is 0. The number of hydrogen-bond acceptors (Lipinski definition) is 0. The van der Waals surface area contributed by atoms with Crippen molar-refractivity contribution in [2.45, 2.75) is 78.1 Å². The highest BCUT2D eigenvalue weighted by Gasteiger charge is 2.30. The van der Waals surface area contributed by atoms with E-state index in [4.69, 9.17) is 0 Å². The Morgan fingerprint density at radius 1 is 0.783 bits per heavy atom. The first kappa shape index (κ1) is 18.3. The molecule has 0 aliphatic heterocycles. The second kappa shape index (κ2) is 9.30. The molecule has 1 aromatic carbocycles. The van der Waals surface area contributed by atoms with Gasteiger partial charge in [-0.05, 0) is 73.3 Å². The van der Waals surface area contributed by atoms with E-state index in [2.05, 4.69) is 37.8 Å². The molecule has 0 aromatic heterocycles. The molecule has 2 aliphatic rings. The van der Waals surface area contributed by atoms with Gasteiger partial charge in [0.2, 0.25) is 0 Å². The molecule has 0 N–H and O–H groups in total. The van der Waals surface area contributed by atoms with Gasteiger partial charge >= 0.3 is 0 Å². The summed E-state index contributed by atoms with van der Waals surface area (Å²) in [6.45, 7) is 10.3. The van der Waals surface area contributed by atoms with Gasteiger partial charge in [-0.15, -0.1) is 0 Å². The van der Waals surface area contributed by atoms with Crippen molar-refractivity contribution in [3.63, 3.8) is 0 Å². The van der Waals surface area contributed by atoms with Crippen molar-refractivity contribution in [2.75, 3.05) is 0 Å². The quantitative estimate of drug-likeness (QED) is 0.543. The highest BCUT2D eigenvalue weighted by Crippen LogP contribution is 2.43. The van der Waals surface area contributed by atoms with E-state index in [1.807, 2.05) is 19.9 Å². The molecule has 2 saturated carbocycles. The van der Waals surface area contributed by atoms with Gasteiger partial charge in [-0.1, -0.05) is 70.5 Å². The smallest absolute Gasteiger partial charge is 0.0162 e. The summed E-state index contributed by atoms with van der Waals surface area (Å²) in [7, 11) is 0. The molecule has 3 rings (SSSR count). The molecule has 0 atom stereocenters. The third kappa shape index (κ3) is 4.96. The van der Waals surface area contributed by atoms with Crippen LogP contribution in [-0.4, -0.2) is 0 Å². The summed E-state index contributed by atoms with van der Waals surface area (Å²) >= 11 is 0. The minimum atomic E-state index is 0.808. The Bertz CT molecular complexity index is 439.